The van der Waals surface area contributed by atoms with Crippen molar-refractivity contribution in [2.75, 3.05) is 39.6 Å². The molecule has 302 valence electrons. The number of benzene rings is 4. The van der Waals surface area contributed by atoms with E-state index < -0.39 is 11.9 Å². The molecule has 0 unspecified atom stereocenters. The minimum Gasteiger partial charge on any atom is -0.494 e. The molecule has 0 saturated carbocycles. The predicted octanol–water partition coefficient (Wildman–Crippen LogP) is 10.5. The van der Waals surface area contributed by atoms with Crippen molar-refractivity contribution in [3.63, 3.8) is 0 Å². The Morgan fingerprint density at radius 1 is 0.552 bits per heavy atom. The zero-order valence-electron chi connectivity index (χ0n) is 33.0. The Bertz CT molecular complexity index is 2080. The molecule has 0 aliphatic heterocycles. The SMILES string of the molecule is C=CCOCCCCCCOc1ccc(C(=O)Oc2ccc(OC(=O)c3ccc(OCCCCCCOCC=C)cc3)c(/C=C/c3cnc4ccccc4n3)c2)cc1. The third-order valence-electron chi connectivity index (χ3n) is 8.85. The Morgan fingerprint density at radius 2 is 1.07 bits per heavy atom. The van der Waals surface area contributed by atoms with Gasteiger partial charge in [-0.15, -0.1) is 13.2 Å². The van der Waals surface area contributed by atoms with E-state index in [0.29, 0.717) is 60.3 Å². The van der Waals surface area contributed by atoms with Crippen molar-refractivity contribution in [2.45, 2.75) is 51.4 Å². The molecule has 10 nitrogen and oxygen atoms in total. The number of rotatable bonds is 26. The molecule has 0 amide bonds. The molecule has 1 aromatic heterocycles. The summed E-state index contributed by atoms with van der Waals surface area (Å²) in [5, 5.41) is 0. The van der Waals surface area contributed by atoms with Crippen LogP contribution >= 0.6 is 0 Å². The van der Waals surface area contributed by atoms with Gasteiger partial charge in [-0.25, -0.2) is 14.6 Å². The highest BCUT2D eigenvalue weighted by atomic mass is 16.5. The summed E-state index contributed by atoms with van der Waals surface area (Å²) < 4.78 is 34.2. The Labute approximate surface area is 341 Å². The van der Waals surface area contributed by atoms with E-state index in [4.69, 9.17) is 28.4 Å². The average molecular weight is 785 g/mol. The lowest BCUT2D eigenvalue weighted by Crippen LogP contribution is -2.11. The monoisotopic (exact) mass is 784 g/mol. The molecule has 0 aliphatic carbocycles. The van der Waals surface area contributed by atoms with Crippen molar-refractivity contribution >= 4 is 35.1 Å². The number of hydrogen-bond donors (Lipinski definition) is 0. The maximum atomic E-state index is 13.3. The van der Waals surface area contributed by atoms with E-state index in [0.717, 1.165) is 75.6 Å². The number of ether oxygens (including phenoxy) is 6. The van der Waals surface area contributed by atoms with Gasteiger partial charge >= 0.3 is 11.9 Å². The van der Waals surface area contributed by atoms with E-state index in [1.165, 1.54) is 0 Å². The summed E-state index contributed by atoms with van der Waals surface area (Å²) in [7, 11) is 0. The lowest BCUT2D eigenvalue weighted by Gasteiger charge is -2.11. The number of para-hydroxylation sites is 2. The summed E-state index contributed by atoms with van der Waals surface area (Å²) in [6, 6.07) is 26.1. The van der Waals surface area contributed by atoms with E-state index in [2.05, 4.69) is 23.1 Å². The number of hydrogen-bond acceptors (Lipinski definition) is 10. The van der Waals surface area contributed by atoms with Gasteiger partial charge in [0.15, 0.2) is 0 Å². The molecule has 0 N–H and O–H groups in total. The Morgan fingerprint density at radius 3 is 1.64 bits per heavy atom. The second-order valence-corrected chi connectivity index (χ2v) is 13.4. The third-order valence-corrected chi connectivity index (χ3v) is 8.85. The molecule has 0 atom stereocenters. The maximum Gasteiger partial charge on any atom is 0.343 e. The fourth-order valence-electron chi connectivity index (χ4n) is 5.77. The average Bonchev–Trinajstić information content (AvgIpc) is 3.25. The van der Waals surface area contributed by atoms with Crippen LogP contribution in [0.2, 0.25) is 0 Å². The molecule has 0 bridgehead atoms. The number of esters is 2. The minimum atomic E-state index is -0.550. The first-order valence-corrected chi connectivity index (χ1v) is 19.8. The Hall–Kier alpha value is -6.10. The molecule has 0 spiro atoms. The second kappa shape index (κ2) is 24.5. The van der Waals surface area contributed by atoms with Crippen LogP contribution in [0.1, 0.15) is 83.3 Å². The summed E-state index contributed by atoms with van der Waals surface area (Å²) in [5.41, 5.74) is 3.33. The largest absolute Gasteiger partial charge is 0.494 e. The number of aromatic nitrogens is 2. The first-order valence-electron chi connectivity index (χ1n) is 19.8. The van der Waals surface area contributed by atoms with Crippen LogP contribution in [0.4, 0.5) is 0 Å². The molecule has 0 aliphatic rings. The summed E-state index contributed by atoms with van der Waals surface area (Å²) in [4.78, 5) is 35.7. The van der Waals surface area contributed by atoms with Gasteiger partial charge in [0.05, 0.1) is 60.5 Å². The van der Waals surface area contributed by atoms with E-state index >= 15 is 0 Å². The fraction of sp³-hybridized carbons (Fsp3) is 0.292. The normalized spacial score (nSPS) is 11.0. The zero-order valence-corrected chi connectivity index (χ0v) is 33.0. The summed E-state index contributed by atoms with van der Waals surface area (Å²) in [6.07, 6.45) is 16.8. The number of unbranched alkanes of at least 4 members (excludes halogenated alkanes) is 6. The molecular weight excluding hydrogens is 733 g/mol. The number of carbonyl (C=O) groups excluding carboxylic acids is 2. The molecule has 1 heterocycles. The van der Waals surface area contributed by atoms with Crippen molar-refractivity contribution in [1.29, 1.82) is 0 Å². The quantitative estimate of drug-likeness (QED) is 0.0232. The maximum absolute atomic E-state index is 13.3. The second-order valence-electron chi connectivity index (χ2n) is 13.4. The van der Waals surface area contributed by atoms with Crippen LogP contribution in [0, 0.1) is 0 Å². The molecule has 5 rings (SSSR count). The van der Waals surface area contributed by atoms with Gasteiger partial charge in [-0.3, -0.25) is 4.98 Å². The van der Waals surface area contributed by atoms with Crippen molar-refractivity contribution in [3.05, 3.63) is 145 Å². The Balaban J connectivity index is 1.18. The van der Waals surface area contributed by atoms with Gasteiger partial charge in [0.2, 0.25) is 0 Å². The third kappa shape index (κ3) is 14.8. The molecule has 5 aromatic rings. The molecule has 58 heavy (non-hydrogen) atoms. The smallest absolute Gasteiger partial charge is 0.343 e. The van der Waals surface area contributed by atoms with Crippen molar-refractivity contribution in [3.8, 4) is 23.0 Å². The van der Waals surface area contributed by atoms with Crippen molar-refractivity contribution in [1.82, 2.24) is 9.97 Å². The van der Waals surface area contributed by atoms with Gasteiger partial charge in [0.25, 0.3) is 0 Å². The van der Waals surface area contributed by atoms with Crippen molar-refractivity contribution < 1.29 is 38.0 Å². The predicted molar refractivity (Wildman–Crippen MR) is 228 cm³/mol. The molecule has 10 heteroatoms. The zero-order chi connectivity index (χ0) is 40.6. The number of fused-ring (bicyclic) bond motifs is 1. The van der Waals surface area contributed by atoms with Crippen LogP contribution in [0.5, 0.6) is 23.0 Å². The fourth-order valence-corrected chi connectivity index (χ4v) is 5.77. The summed E-state index contributed by atoms with van der Waals surface area (Å²) >= 11 is 0. The topological polar surface area (TPSA) is 115 Å². The number of carbonyl (C=O) groups is 2. The highest BCUT2D eigenvalue weighted by molar-refractivity contribution is 5.93. The highest BCUT2D eigenvalue weighted by Gasteiger charge is 2.15. The first kappa shape index (κ1) is 43.0. The van der Waals surface area contributed by atoms with Gasteiger partial charge in [-0.1, -0.05) is 37.1 Å². The van der Waals surface area contributed by atoms with E-state index in [9.17, 15) is 9.59 Å². The minimum absolute atomic E-state index is 0.270. The van der Waals surface area contributed by atoms with Crippen LogP contribution in [0.25, 0.3) is 23.2 Å². The Kier molecular flexibility index (Phi) is 18.2. The highest BCUT2D eigenvalue weighted by Crippen LogP contribution is 2.28. The molecule has 0 saturated heterocycles. The van der Waals surface area contributed by atoms with Gasteiger partial charge in [-0.05, 0) is 130 Å². The first-order chi connectivity index (χ1) is 28.5. The molecule has 4 aromatic carbocycles. The van der Waals surface area contributed by atoms with Gasteiger partial charge in [0.1, 0.15) is 23.0 Å². The van der Waals surface area contributed by atoms with Crippen LogP contribution in [-0.2, 0) is 9.47 Å². The van der Waals surface area contributed by atoms with Crippen LogP contribution < -0.4 is 18.9 Å². The number of nitrogens with zero attached hydrogens (tertiary/aromatic N) is 2. The summed E-state index contributed by atoms with van der Waals surface area (Å²) in [6.45, 7) is 11.1. The van der Waals surface area contributed by atoms with Crippen molar-refractivity contribution in [2.24, 2.45) is 0 Å². The van der Waals surface area contributed by atoms with E-state index in [1.54, 1.807) is 97.2 Å². The van der Waals surface area contributed by atoms with Gasteiger partial charge in [0, 0.05) is 18.8 Å². The van der Waals surface area contributed by atoms with E-state index in [1.807, 2.05) is 24.3 Å². The van der Waals surface area contributed by atoms with E-state index in [-0.39, 0.29) is 11.5 Å². The summed E-state index contributed by atoms with van der Waals surface area (Å²) in [5.74, 6) is 0.801. The van der Waals surface area contributed by atoms with Crippen LogP contribution in [0.3, 0.4) is 0 Å². The van der Waals surface area contributed by atoms with Gasteiger partial charge in [-0.2, -0.15) is 0 Å². The molecule has 0 fully saturated rings. The lowest BCUT2D eigenvalue weighted by molar-refractivity contribution is 0.0719. The van der Waals surface area contributed by atoms with Crippen LogP contribution in [-0.4, -0.2) is 61.5 Å². The molecule has 0 radical (unpaired) electrons. The molecular formula is C48H52N2O8. The van der Waals surface area contributed by atoms with Gasteiger partial charge < -0.3 is 28.4 Å². The standard InChI is InChI=1S/C48H52N2O8/c1-3-29-53-31-11-5-7-13-33-55-41-23-18-37(19-24-41)47(51)57-43-27-28-46(39(35-43)17-22-40-36-49-44-15-9-10-16-45(44)50-40)58-48(52)38-20-25-42(26-21-38)56-34-14-8-6-12-32-54-30-4-2/h3-4,9-10,15-28,35-36H,1-2,5-8,11-14,29-34H2/b22-17+. The van der Waals surface area contributed by atoms with Crippen LogP contribution in [0.15, 0.2) is 123 Å². The lowest BCUT2D eigenvalue weighted by atomic mass is 10.1.